The molecule has 2 amide bonds. The fraction of sp³-hybridized carbons (Fsp3) is 0.188. The monoisotopic (exact) mass is 447 g/mol. The molecule has 7 nitrogen and oxygen atoms in total. The van der Waals surface area contributed by atoms with Crippen LogP contribution in [0.2, 0.25) is 10.0 Å². The summed E-state index contributed by atoms with van der Waals surface area (Å²) in [6, 6.07) is 5.30. The van der Waals surface area contributed by atoms with Gasteiger partial charge in [-0.25, -0.2) is 4.98 Å². The second-order valence-corrected chi connectivity index (χ2v) is 7.28. The van der Waals surface area contributed by atoms with Gasteiger partial charge in [0.2, 0.25) is 5.91 Å². The Balaban J connectivity index is 0.00000261. The fourth-order valence-electron chi connectivity index (χ4n) is 2.30. The summed E-state index contributed by atoms with van der Waals surface area (Å²) in [6.07, 6.45) is 0.251. The van der Waals surface area contributed by atoms with E-state index in [1.54, 1.807) is 25.1 Å². The van der Waals surface area contributed by atoms with E-state index >= 15 is 0 Å². The van der Waals surface area contributed by atoms with Crippen molar-refractivity contribution in [2.75, 3.05) is 17.2 Å². The highest BCUT2D eigenvalue weighted by Crippen LogP contribution is 2.31. The van der Waals surface area contributed by atoms with E-state index in [4.69, 9.17) is 28.9 Å². The molecule has 2 aromatic heterocycles. The third-order valence-electron chi connectivity index (χ3n) is 3.55. The van der Waals surface area contributed by atoms with Crippen molar-refractivity contribution < 1.29 is 9.59 Å². The number of anilines is 2. The van der Waals surface area contributed by atoms with Crippen molar-refractivity contribution in [3.8, 4) is 0 Å². The second kappa shape index (κ2) is 8.90. The zero-order valence-electron chi connectivity index (χ0n) is 14.1. The Labute approximate surface area is 175 Å². The van der Waals surface area contributed by atoms with Crippen molar-refractivity contribution in [1.82, 2.24) is 9.97 Å². The molecule has 0 fully saturated rings. The molecule has 0 atom stereocenters. The first-order chi connectivity index (χ1) is 12.4. The number of aryl methyl sites for hydroxylation is 1. The zero-order chi connectivity index (χ0) is 18.8. The normalized spacial score (nSPS) is 10.5. The lowest BCUT2D eigenvalue weighted by molar-refractivity contribution is -0.116. The van der Waals surface area contributed by atoms with Crippen LogP contribution in [0.15, 0.2) is 18.2 Å². The highest BCUT2D eigenvalue weighted by molar-refractivity contribution is 7.22. The van der Waals surface area contributed by atoms with Gasteiger partial charge in [0.05, 0.1) is 20.3 Å². The molecule has 5 N–H and O–H groups in total. The number of carbonyl (C=O) groups is 2. The number of amides is 2. The van der Waals surface area contributed by atoms with Crippen molar-refractivity contribution in [3.05, 3.63) is 39.6 Å². The molecular weight excluding hydrogens is 433 g/mol. The maximum atomic E-state index is 12.4. The minimum Gasteiger partial charge on any atom is -0.352 e. The Morgan fingerprint density at radius 1 is 1.26 bits per heavy atom. The van der Waals surface area contributed by atoms with Crippen LogP contribution in [0.25, 0.3) is 10.2 Å². The van der Waals surface area contributed by atoms with E-state index in [-0.39, 0.29) is 42.0 Å². The number of aromatic amines is 1. The second-order valence-electron chi connectivity index (χ2n) is 5.50. The molecule has 3 rings (SSSR count). The molecule has 1 aromatic carbocycles. The van der Waals surface area contributed by atoms with Crippen LogP contribution in [0.3, 0.4) is 0 Å². The first kappa shape index (κ1) is 21.5. The lowest BCUT2D eigenvalue weighted by Crippen LogP contribution is -2.15. The van der Waals surface area contributed by atoms with Crippen LogP contribution < -0.4 is 16.4 Å². The smallest absolute Gasteiger partial charge is 0.275 e. The number of H-pyrrole nitrogens is 1. The van der Waals surface area contributed by atoms with E-state index in [2.05, 4.69) is 20.6 Å². The van der Waals surface area contributed by atoms with E-state index in [1.165, 1.54) is 11.3 Å². The maximum absolute atomic E-state index is 12.4. The Bertz CT molecular complexity index is 1000. The summed E-state index contributed by atoms with van der Waals surface area (Å²) in [7, 11) is 0. The van der Waals surface area contributed by atoms with Crippen molar-refractivity contribution in [2.45, 2.75) is 13.3 Å². The number of rotatable bonds is 5. The largest absolute Gasteiger partial charge is 0.352 e. The predicted molar refractivity (Wildman–Crippen MR) is 113 cm³/mol. The summed E-state index contributed by atoms with van der Waals surface area (Å²) in [5.41, 5.74) is 7.51. The summed E-state index contributed by atoms with van der Waals surface area (Å²) in [6.45, 7) is 2.01. The third kappa shape index (κ3) is 4.72. The third-order valence-corrected chi connectivity index (χ3v) is 5.43. The molecule has 0 aliphatic carbocycles. The van der Waals surface area contributed by atoms with E-state index in [0.29, 0.717) is 27.1 Å². The van der Waals surface area contributed by atoms with Crippen LogP contribution in [0.1, 0.15) is 22.6 Å². The molecule has 0 saturated heterocycles. The van der Waals surface area contributed by atoms with Gasteiger partial charge in [0.25, 0.3) is 5.91 Å². The minimum absolute atomic E-state index is 0. The lowest BCUT2D eigenvalue weighted by atomic mass is 10.3. The summed E-state index contributed by atoms with van der Waals surface area (Å²) in [4.78, 5) is 31.2. The maximum Gasteiger partial charge on any atom is 0.275 e. The Morgan fingerprint density at radius 3 is 2.63 bits per heavy atom. The van der Waals surface area contributed by atoms with Crippen LogP contribution in [0, 0.1) is 6.92 Å². The Kier molecular flexibility index (Phi) is 7.07. The molecule has 2 heterocycles. The molecule has 0 spiro atoms. The number of fused-ring (bicyclic) bond motifs is 1. The van der Waals surface area contributed by atoms with Crippen LogP contribution in [-0.4, -0.2) is 28.3 Å². The van der Waals surface area contributed by atoms with Crippen LogP contribution in [0.4, 0.5) is 10.8 Å². The number of hydrogen-bond acceptors (Lipinski definition) is 5. The van der Waals surface area contributed by atoms with Gasteiger partial charge in [-0.2, -0.15) is 0 Å². The SMILES string of the molecule is Cc1[nH]c(C(=O)Nc2nc3ccc(NC(=O)CCN)cc3s2)c(Cl)c1Cl.Cl. The number of halogens is 3. The minimum atomic E-state index is -0.430. The lowest BCUT2D eigenvalue weighted by Gasteiger charge is -2.03. The van der Waals surface area contributed by atoms with Crippen molar-refractivity contribution in [2.24, 2.45) is 5.73 Å². The van der Waals surface area contributed by atoms with E-state index < -0.39 is 5.91 Å². The predicted octanol–water partition coefficient (Wildman–Crippen LogP) is 4.20. The van der Waals surface area contributed by atoms with Crippen LogP contribution in [-0.2, 0) is 4.79 Å². The van der Waals surface area contributed by atoms with E-state index in [1.807, 2.05) is 0 Å². The summed E-state index contributed by atoms with van der Waals surface area (Å²) < 4.78 is 0.817. The molecule has 11 heteroatoms. The number of hydrogen-bond donors (Lipinski definition) is 4. The van der Waals surface area contributed by atoms with Gasteiger partial charge in [-0.3, -0.25) is 14.9 Å². The molecular formula is C16H16Cl3N5O2S. The number of thiazole rings is 1. The quantitative estimate of drug-likeness (QED) is 0.468. The number of nitrogens with two attached hydrogens (primary N) is 1. The number of nitrogens with one attached hydrogen (secondary N) is 3. The molecule has 144 valence electrons. The standard InChI is InChI=1S/C16H15Cl2N5O2S.ClH/c1-7-12(17)13(18)14(20-7)15(25)23-16-22-9-3-2-8(6-10(9)26-16)21-11(24)4-5-19;/h2-3,6,20H,4-5,19H2,1H3,(H,21,24)(H,22,23,25);1H. The van der Waals surface area contributed by atoms with Crippen molar-refractivity contribution >= 4 is 79.8 Å². The number of carbonyl (C=O) groups excluding carboxylic acids is 2. The van der Waals surface area contributed by atoms with Crippen LogP contribution >= 0.6 is 46.9 Å². The van der Waals surface area contributed by atoms with Gasteiger partial charge in [0.1, 0.15) is 5.69 Å². The highest BCUT2D eigenvalue weighted by Gasteiger charge is 2.19. The Morgan fingerprint density at radius 2 is 2.00 bits per heavy atom. The summed E-state index contributed by atoms with van der Waals surface area (Å²) in [5, 5.41) is 6.37. The molecule has 0 saturated carbocycles. The van der Waals surface area contributed by atoms with Crippen molar-refractivity contribution in [1.29, 1.82) is 0 Å². The van der Waals surface area contributed by atoms with Crippen molar-refractivity contribution in [3.63, 3.8) is 0 Å². The van der Waals surface area contributed by atoms with Gasteiger partial charge < -0.3 is 16.0 Å². The van der Waals surface area contributed by atoms with Gasteiger partial charge in [-0.15, -0.1) is 12.4 Å². The van der Waals surface area contributed by atoms with Gasteiger partial charge in [-0.1, -0.05) is 34.5 Å². The number of nitrogens with zero attached hydrogens (tertiary/aromatic N) is 1. The van der Waals surface area contributed by atoms with Gasteiger partial charge in [0, 0.05) is 24.3 Å². The van der Waals surface area contributed by atoms with E-state index in [9.17, 15) is 9.59 Å². The van der Waals surface area contributed by atoms with E-state index in [0.717, 1.165) is 4.70 Å². The highest BCUT2D eigenvalue weighted by atomic mass is 35.5. The number of aromatic nitrogens is 2. The molecule has 0 unspecified atom stereocenters. The average Bonchev–Trinajstić information content (AvgIpc) is 3.10. The fourth-order valence-corrected chi connectivity index (χ4v) is 3.61. The molecule has 3 aromatic rings. The van der Waals surface area contributed by atoms with Crippen LogP contribution in [0.5, 0.6) is 0 Å². The van der Waals surface area contributed by atoms with Gasteiger partial charge in [0.15, 0.2) is 5.13 Å². The first-order valence-corrected chi connectivity index (χ1v) is 9.21. The topological polar surface area (TPSA) is 113 Å². The number of benzene rings is 1. The average molecular weight is 449 g/mol. The molecule has 0 aliphatic rings. The summed E-state index contributed by atoms with van der Waals surface area (Å²) >= 11 is 13.3. The molecule has 27 heavy (non-hydrogen) atoms. The summed E-state index contributed by atoms with van der Waals surface area (Å²) in [5.74, 6) is -0.584. The van der Waals surface area contributed by atoms with Gasteiger partial charge in [-0.05, 0) is 25.1 Å². The zero-order valence-corrected chi connectivity index (χ0v) is 17.2. The molecule has 0 aliphatic heterocycles. The molecule has 0 bridgehead atoms. The Hall–Kier alpha value is -1.84. The first-order valence-electron chi connectivity index (χ1n) is 7.64. The van der Waals surface area contributed by atoms with Gasteiger partial charge >= 0.3 is 0 Å². The molecule has 0 radical (unpaired) electrons.